The van der Waals surface area contributed by atoms with Crippen LogP contribution in [0, 0.1) is 5.41 Å². The van der Waals surface area contributed by atoms with E-state index in [2.05, 4.69) is 62.5 Å². The van der Waals surface area contributed by atoms with Crippen LogP contribution in [0.2, 0.25) is 0 Å². The number of methoxy groups -OCH3 is 1. The number of ether oxygens (including phenoxy) is 2. The van der Waals surface area contributed by atoms with Crippen LogP contribution in [-0.4, -0.2) is 25.3 Å². The molecule has 0 bridgehead atoms. The number of rotatable bonds is 7. The Hall–Kier alpha value is -2.07. The van der Waals surface area contributed by atoms with E-state index in [1.165, 1.54) is 30.4 Å². The highest BCUT2D eigenvalue weighted by Crippen LogP contribution is 2.41. The third-order valence-electron chi connectivity index (χ3n) is 5.63. The molecule has 1 unspecified atom stereocenters. The van der Waals surface area contributed by atoms with Crippen LogP contribution in [0.25, 0.3) is 6.08 Å². The largest absolute Gasteiger partial charge is 0.444 e. The number of carbonyl (C=O) groups excluding carboxylic acids is 1. The van der Waals surface area contributed by atoms with Gasteiger partial charge in [-0.3, -0.25) is 0 Å². The van der Waals surface area contributed by atoms with Crippen molar-refractivity contribution in [1.82, 2.24) is 5.32 Å². The first-order valence-electron chi connectivity index (χ1n) is 11.0. The van der Waals surface area contributed by atoms with Gasteiger partial charge in [-0.05, 0) is 81.6 Å². The molecule has 0 saturated carbocycles. The molecule has 1 aliphatic rings. The predicted molar refractivity (Wildman–Crippen MR) is 124 cm³/mol. The summed E-state index contributed by atoms with van der Waals surface area (Å²) in [4.78, 5) is 11.8. The van der Waals surface area contributed by atoms with E-state index in [1.807, 2.05) is 20.8 Å². The summed E-state index contributed by atoms with van der Waals surface area (Å²) in [7, 11) is 1.71. The number of nitrogens with one attached hydrogen (secondary N) is 1. The lowest BCUT2D eigenvalue weighted by molar-refractivity contribution is 0.0504. The molecular formula is C26H39NO3. The molecule has 0 radical (unpaired) electrons. The zero-order chi connectivity index (χ0) is 22.4. The molecule has 0 fully saturated rings. The van der Waals surface area contributed by atoms with Crippen molar-refractivity contribution >= 4 is 12.2 Å². The second-order valence-electron chi connectivity index (χ2n) is 9.88. The molecule has 166 valence electrons. The fraction of sp³-hybridized carbons (Fsp3) is 0.577. The van der Waals surface area contributed by atoms with Crippen LogP contribution >= 0.6 is 0 Å². The van der Waals surface area contributed by atoms with Crippen LogP contribution in [0.15, 0.2) is 41.5 Å². The van der Waals surface area contributed by atoms with E-state index < -0.39 is 11.7 Å². The standard InChI is InChI=1S/C26H39NO3/c1-19-10-9-16-26(5,6)22(19)14-13-20-11-8-12-21(18-20)23(29-7)15-17-27-24(28)30-25(2,3)4/h8,11-14,18,23H,9-10,15-17H2,1-7H3,(H,27,28)/b14-13+. The maximum Gasteiger partial charge on any atom is 0.407 e. The summed E-state index contributed by atoms with van der Waals surface area (Å²) >= 11 is 0. The van der Waals surface area contributed by atoms with E-state index in [0.717, 1.165) is 11.1 Å². The van der Waals surface area contributed by atoms with Crippen molar-refractivity contribution in [3.63, 3.8) is 0 Å². The Morgan fingerprint density at radius 3 is 2.63 bits per heavy atom. The molecule has 1 amide bonds. The van der Waals surface area contributed by atoms with Crippen LogP contribution < -0.4 is 5.32 Å². The lowest BCUT2D eigenvalue weighted by atomic mass is 9.72. The minimum Gasteiger partial charge on any atom is -0.444 e. The molecule has 0 saturated heterocycles. The van der Waals surface area contributed by atoms with Crippen molar-refractivity contribution in [2.24, 2.45) is 5.41 Å². The van der Waals surface area contributed by atoms with Gasteiger partial charge >= 0.3 is 6.09 Å². The topological polar surface area (TPSA) is 47.6 Å². The molecule has 1 N–H and O–H groups in total. The number of benzene rings is 1. The van der Waals surface area contributed by atoms with Crippen molar-refractivity contribution in [3.8, 4) is 0 Å². The van der Waals surface area contributed by atoms with Gasteiger partial charge in [-0.25, -0.2) is 4.79 Å². The third kappa shape index (κ3) is 7.32. The fourth-order valence-electron chi connectivity index (χ4n) is 4.09. The minimum absolute atomic E-state index is 0.0830. The predicted octanol–water partition coefficient (Wildman–Crippen LogP) is 6.83. The molecule has 0 spiro atoms. The molecule has 1 aromatic carbocycles. The lowest BCUT2D eigenvalue weighted by Gasteiger charge is -2.32. The summed E-state index contributed by atoms with van der Waals surface area (Å²) in [5.41, 5.74) is 4.98. The van der Waals surface area contributed by atoms with Gasteiger partial charge in [-0.15, -0.1) is 0 Å². The first-order chi connectivity index (χ1) is 14.0. The summed E-state index contributed by atoms with van der Waals surface area (Å²) in [5.74, 6) is 0. The van der Waals surface area contributed by atoms with Gasteiger partial charge in [0.25, 0.3) is 0 Å². The van der Waals surface area contributed by atoms with Gasteiger partial charge in [0.05, 0.1) is 6.10 Å². The molecule has 1 aromatic rings. The number of amides is 1. The maximum absolute atomic E-state index is 11.8. The molecule has 30 heavy (non-hydrogen) atoms. The summed E-state index contributed by atoms with van der Waals surface area (Å²) < 4.78 is 11.0. The first kappa shape index (κ1) is 24.2. The third-order valence-corrected chi connectivity index (χ3v) is 5.63. The van der Waals surface area contributed by atoms with Gasteiger partial charge < -0.3 is 14.8 Å². The second-order valence-corrected chi connectivity index (χ2v) is 9.88. The van der Waals surface area contributed by atoms with E-state index in [1.54, 1.807) is 7.11 Å². The molecule has 1 atom stereocenters. The van der Waals surface area contributed by atoms with Gasteiger partial charge in [0, 0.05) is 13.7 Å². The minimum atomic E-state index is -0.494. The average Bonchev–Trinajstić information content (AvgIpc) is 2.63. The van der Waals surface area contributed by atoms with Crippen molar-refractivity contribution in [3.05, 3.63) is 52.6 Å². The van der Waals surface area contributed by atoms with E-state index in [4.69, 9.17) is 9.47 Å². The zero-order valence-corrected chi connectivity index (χ0v) is 19.8. The number of allylic oxidation sites excluding steroid dienone is 3. The summed E-state index contributed by atoms with van der Waals surface area (Å²) in [6.45, 7) is 13.0. The molecule has 4 heteroatoms. The highest BCUT2D eigenvalue weighted by Gasteiger charge is 2.26. The number of carbonyl (C=O) groups is 1. The fourth-order valence-corrected chi connectivity index (χ4v) is 4.09. The molecular weight excluding hydrogens is 374 g/mol. The SMILES string of the molecule is COC(CCNC(=O)OC(C)(C)C)c1cccc(/C=C/C2=C(C)CCCC2(C)C)c1. The zero-order valence-electron chi connectivity index (χ0n) is 19.8. The Bertz CT molecular complexity index is 784. The van der Waals surface area contributed by atoms with Crippen molar-refractivity contribution in [2.45, 2.75) is 78.9 Å². The summed E-state index contributed by atoms with van der Waals surface area (Å²) in [6.07, 6.45) is 8.41. The van der Waals surface area contributed by atoms with Crippen molar-refractivity contribution < 1.29 is 14.3 Å². The summed E-state index contributed by atoms with van der Waals surface area (Å²) in [6, 6.07) is 8.44. The Labute approximate surface area is 182 Å². The highest BCUT2D eigenvalue weighted by atomic mass is 16.6. The number of alkyl carbamates (subject to hydrolysis) is 1. The van der Waals surface area contributed by atoms with Crippen molar-refractivity contribution in [2.75, 3.05) is 13.7 Å². The highest BCUT2D eigenvalue weighted by molar-refractivity contribution is 5.67. The van der Waals surface area contributed by atoms with Crippen LogP contribution in [-0.2, 0) is 9.47 Å². The average molecular weight is 414 g/mol. The molecule has 0 aliphatic heterocycles. The van der Waals surface area contributed by atoms with Crippen LogP contribution in [0.4, 0.5) is 4.79 Å². The van der Waals surface area contributed by atoms with E-state index in [9.17, 15) is 4.79 Å². The Morgan fingerprint density at radius 2 is 2.00 bits per heavy atom. The monoisotopic (exact) mass is 413 g/mol. The lowest BCUT2D eigenvalue weighted by Crippen LogP contribution is -2.33. The van der Waals surface area contributed by atoms with Gasteiger partial charge in [-0.2, -0.15) is 0 Å². The number of hydrogen-bond acceptors (Lipinski definition) is 3. The van der Waals surface area contributed by atoms with Gasteiger partial charge in [0.15, 0.2) is 0 Å². The van der Waals surface area contributed by atoms with Crippen molar-refractivity contribution in [1.29, 1.82) is 0 Å². The second kappa shape index (κ2) is 10.3. The first-order valence-corrected chi connectivity index (χ1v) is 11.0. The Balaban J connectivity index is 2.03. The Morgan fingerprint density at radius 1 is 1.27 bits per heavy atom. The van der Waals surface area contributed by atoms with E-state index in [0.29, 0.717) is 13.0 Å². The van der Waals surface area contributed by atoms with E-state index >= 15 is 0 Å². The molecule has 4 nitrogen and oxygen atoms in total. The van der Waals surface area contributed by atoms with Crippen LogP contribution in [0.3, 0.4) is 0 Å². The van der Waals surface area contributed by atoms with Gasteiger partial charge in [0.2, 0.25) is 0 Å². The maximum atomic E-state index is 11.8. The van der Waals surface area contributed by atoms with E-state index in [-0.39, 0.29) is 11.5 Å². The normalized spacial score (nSPS) is 17.8. The quantitative estimate of drug-likeness (QED) is 0.533. The smallest absolute Gasteiger partial charge is 0.407 e. The van der Waals surface area contributed by atoms with Gasteiger partial charge in [0.1, 0.15) is 5.60 Å². The molecule has 0 heterocycles. The molecule has 0 aromatic heterocycles. The molecule has 2 rings (SSSR count). The molecule has 1 aliphatic carbocycles. The van der Waals surface area contributed by atoms with Gasteiger partial charge in [-0.1, -0.05) is 49.8 Å². The van der Waals surface area contributed by atoms with Crippen LogP contribution in [0.5, 0.6) is 0 Å². The van der Waals surface area contributed by atoms with Crippen LogP contribution in [0.1, 0.15) is 84.5 Å². The Kier molecular flexibility index (Phi) is 8.31. The summed E-state index contributed by atoms with van der Waals surface area (Å²) in [5, 5.41) is 2.81. The number of hydrogen-bond donors (Lipinski definition) is 1.